The molecule has 0 saturated carbocycles. The number of aromatic nitrogens is 3. The third-order valence-electron chi connectivity index (χ3n) is 7.01. The standard InChI is InChI=1S/C28H27N5O5S/c1-37-24-8-9-29-27-22(24)3-2-10-33(27)26-7-6-19-15-30-21(14-23(19)32-26)16-31-28(34)18-4-5-20-17-38-11-12-39(35,36)25(20)13-18/h4-9,13-15H,2-3,10-12,16-17H2,1H3,(H,31,34). The number of rotatable bonds is 5. The molecule has 6 rings (SSSR count). The number of fused-ring (bicyclic) bond motifs is 3. The molecule has 2 aliphatic rings. The lowest BCUT2D eigenvalue weighted by Crippen LogP contribution is -2.26. The number of benzene rings is 1. The van der Waals surface area contributed by atoms with Gasteiger partial charge in [-0.2, -0.15) is 0 Å². The summed E-state index contributed by atoms with van der Waals surface area (Å²) in [5, 5.41) is 3.72. The lowest BCUT2D eigenvalue weighted by molar-refractivity contribution is 0.0950. The predicted molar refractivity (Wildman–Crippen MR) is 145 cm³/mol. The minimum atomic E-state index is -3.50. The molecule has 0 spiro atoms. The third kappa shape index (κ3) is 4.90. The van der Waals surface area contributed by atoms with Crippen LogP contribution in [0.1, 0.15) is 33.6 Å². The van der Waals surface area contributed by atoms with E-state index >= 15 is 0 Å². The first-order valence-corrected chi connectivity index (χ1v) is 14.3. The quantitative estimate of drug-likeness (QED) is 0.402. The first-order valence-electron chi connectivity index (χ1n) is 12.7. The summed E-state index contributed by atoms with van der Waals surface area (Å²) in [5.74, 6) is 1.97. The number of carbonyl (C=O) groups is 1. The maximum Gasteiger partial charge on any atom is 0.251 e. The maximum absolute atomic E-state index is 12.9. The van der Waals surface area contributed by atoms with Gasteiger partial charge in [0.25, 0.3) is 5.91 Å². The van der Waals surface area contributed by atoms with Crippen molar-refractivity contribution < 1.29 is 22.7 Å². The summed E-state index contributed by atoms with van der Waals surface area (Å²) >= 11 is 0. The fourth-order valence-corrected chi connectivity index (χ4v) is 6.39. The van der Waals surface area contributed by atoms with Crippen molar-refractivity contribution in [3.05, 3.63) is 77.2 Å². The topological polar surface area (TPSA) is 124 Å². The zero-order valence-corrected chi connectivity index (χ0v) is 22.2. The van der Waals surface area contributed by atoms with Crippen LogP contribution in [0.25, 0.3) is 10.9 Å². The molecular weight excluding hydrogens is 518 g/mol. The molecular formula is C28H27N5O5S. The van der Waals surface area contributed by atoms with Gasteiger partial charge in [-0.25, -0.2) is 18.4 Å². The van der Waals surface area contributed by atoms with Crippen molar-refractivity contribution in [3.63, 3.8) is 0 Å². The smallest absolute Gasteiger partial charge is 0.251 e. The van der Waals surface area contributed by atoms with E-state index in [-0.39, 0.29) is 41.9 Å². The summed E-state index contributed by atoms with van der Waals surface area (Å²) in [6.07, 6.45) is 5.33. The highest BCUT2D eigenvalue weighted by Crippen LogP contribution is 2.36. The second-order valence-electron chi connectivity index (χ2n) is 9.48. The summed E-state index contributed by atoms with van der Waals surface area (Å²) in [6.45, 7) is 1.30. The Balaban J connectivity index is 1.22. The second kappa shape index (κ2) is 10.2. The van der Waals surface area contributed by atoms with Crippen LogP contribution in [0, 0.1) is 0 Å². The largest absolute Gasteiger partial charge is 0.496 e. The van der Waals surface area contributed by atoms with Crippen molar-refractivity contribution in [2.24, 2.45) is 0 Å². The maximum atomic E-state index is 12.9. The molecule has 200 valence electrons. The van der Waals surface area contributed by atoms with Crippen LogP contribution in [0.5, 0.6) is 5.75 Å². The molecule has 1 N–H and O–H groups in total. The SMILES string of the molecule is COc1ccnc2c1CCCN2c1ccc2cnc(CNC(=O)c3ccc4c(c3)S(=O)(=O)CCOC4)cc2n1. The molecule has 0 unspecified atom stereocenters. The van der Waals surface area contributed by atoms with Crippen LogP contribution in [0.2, 0.25) is 0 Å². The fourth-order valence-electron chi connectivity index (χ4n) is 5.00. The third-order valence-corrected chi connectivity index (χ3v) is 8.77. The van der Waals surface area contributed by atoms with E-state index in [2.05, 4.69) is 20.2 Å². The number of methoxy groups -OCH3 is 1. The fraction of sp³-hybridized carbons (Fsp3) is 0.286. The van der Waals surface area contributed by atoms with E-state index in [1.165, 1.54) is 6.07 Å². The molecule has 5 heterocycles. The zero-order chi connectivity index (χ0) is 27.0. The molecule has 2 aliphatic heterocycles. The van der Waals surface area contributed by atoms with E-state index in [0.717, 1.165) is 53.2 Å². The van der Waals surface area contributed by atoms with Gasteiger partial charge in [0.15, 0.2) is 9.84 Å². The van der Waals surface area contributed by atoms with Gasteiger partial charge in [-0.05, 0) is 54.8 Å². The average molecular weight is 546 g/mol. The summed E-state index contributed by atoms with van der Waals surface area (Å²) in [6, 6.07) is 12.3. The van der Waals surface area contributed by atoms with Crippen molar-refractivity contribution in [1.29, 1.82) is 0 Å². The summed E-state index contributed by atoms with van der Waals surface area (Å²) < 4.78 is 36.0. The first-order chi connectivity index (χ1) is 18.9. The Kier molecular flexibility index (Phi) is 6.61. The summed E-state index contributed by atoms with van der Waals surface area (Å²) in [4.78, 5) is 29.1. The number of pyridine rings is 3. The Hall–Kier alpha value is -4.09. The number of anilines is 2. The number of hydrogen-bond donors (Lipinski definition) is 1. The van der Waals surface area contributed by atoms with Gasteiger partial charge < -0.3 is 19.7 Å². The van der Waals surface area contributed by atoms with Gasteiger partial charge in [-0.3, -0.25) is 9.78 Å². The molecule has 39 heavy (non-hydrogen) atoms. The number of carbonyl (C=O) groups excluding carboxylic acids is 1. The van der Waals surface area contributed by atoms with Gasteiger partial charge >= 0.3 is 0 Å². The molecule has 0 bridgehead atoms. The number of amides is 1. The van der Waals surface area contributed by atoms with E-state index in [0.29, 0.717) is 11.3 Å². The monoisotopic (exact) mass is 545 g/mol. The lowest BCUT2D eigenvalue weighted by atomic mass is 10.0. The van der Waals surface area contributed by atoms with Gasteiger partial charge in [0.05, 0.1) is 48.7 Å². The van der Waals surface area contributed by atoms with Crippen molar-refractivity contribution >= 4 is 38.3 Å². The first kappa shape index (κ1) is 25.2. The van der Waals surface area contributed by atoms with Gasteiger partial charge in [-0.1, -0.05) is 6.07 Å². The van der Waals surface area contributed by atoms with Crippen molar-refractivity contribution in [1.82, 2.24) is 20.3 Å². The van der Waals surface area contributed by atoms with E-state index in [4.69, 9.17) is 14.5 Å². The van der Waals surface area contributed by atoms with Crippen molar-refractivity contribution in [2.75, 3.05) is 30.9 Å². The van der Waals surface area contributed by atoms with Crippen LogP contribution in [0.3, 0.4) is 0 Å². The van der Waals surface area contributed by atoms with Crippen LogP contribution in [-0.2, 0) is 34.1 Å². The van der Waals surface area contributed by atoms with Crippen LogP contribution in [0.4, 0.5) is 11.6 Å². The Morgan fingerprint density at radius 1 is 1.15 bits per heavy atom. The number of nitrogens with one attached hydrogen (secondary N) is 1. The summed E-state index contributed by atoms with van der Waals surface area (Å²) in [7, 11) is -1.84. The van der Waals surface area contributed by atoms with Crippen LogP contribution < -0.4 is 15.0 Å². The molecule has 0 aliphatic carbocycles. The van der Waals surface area contributed by atoms with Crippen LogP contribution in [0.15, 0.2) is 59.8 Å². The minimum absolute atomic E-state index is 0.103. The van der Waals surface area contributed by atoms with Crippen molar-refractivity contribution in [2.45, 2.75) is 30.9 Å². The number of ether oxygens (including phenoxy) is 2. The van der Waals surface area contributed by atoms with E-state index in [9.17, 15) is 13.2 Å². The van der Waals surface area contributed by atoms with E-state index in [1.807, 2.05) is 24.3 Å². The van der Waals surface area contributed by atoms with Crippen LogP contribution >= 0.6 is 0 Å². The lowest BCUT2D eigenvalue weighted by Gasteiger charge is -2.30. The zero-order valence-electron chi connectivity index (χ0n) is 21.4. The Bertz CT molecular complexity index is 1690. The van der Waals surface area contributed by atoms with Gasteiger partial charge in [0.1, 0.15) is 17.4 Å². The van der Waals surface area contributed by atoms with E-state index in [1.54, 1.807) is 31.6 Å². The molecule has 0 saturated heterocycles. The van der Waals surface area contributed by atoms with E-state index < -0.39 is 9.84 Å². The highest BCUT2D eigenvalue weighted by Gasteiger charge is 2.25. The van der Waals surface area contributed by atoms with Gasteiger partial charge in [-0.15, -0.1) is 0 Å². The van der Waals surface area contributed by atoms with Crippen LogP contribution in [-0.4, -0.2) is 55.3 Å². The molecule has 0 fully saturated rings. The Labute approximate surface area is 225 Å². The molecule has 0 atom stereocenters. The molecule has 10 nitrogen and oxygen atoms in total. The molecule has 4 aromatic rings. The minimum Gasteiger partial charge on any atom is -0.496 e. The molecule has 0 radical (unpaired) electrons. The predicted octanol–water partition coefficient (Wildman–Crippen LogP) is 3.35. The Morgan fingerprint density at radius 2 is 2.05 bits per heavy atom. The Morgan fingerprint density at radius 3 is 2.92 bits per heavy atom. The molecule has 3 aromatic heterocycles. The summed E-state index contributed by atoms with van der Waals surface area (Å²) in [5.41, 5.74) is 3.29. The normalized spacial score (nSPS) is 16.2. The highest BCUT2D eigenvalue weighted by molar-refractivity contribution is 7.91. The number of nitrogens with zero attached hydrogens (tertiary/aromatic N) is 4. The van der Waals surface area contributed by atoms with Gasteiger partial charge in [0.2, 0.25) is 0 Å². The second-order valence-corrected chi connectivity index (χ2v) is 11.6. The number of sulfone groups is 1. The average Bonchev–Trinajstić information content (AvgIpc) is 3.11. The van der Waals surface area contributed by atoms with Gasteiger partial charge in [0, 0.05) is 35.5 Å². The molecule has 1 aromatic carbocycles. The van der Waals surface area contributed by atoms with Crippen molar-refractivity contribution in [3.8, 4) is 5.75 Å². The molecule has 11 heteroatoms. The molecule has 1 amide bonds. The number of hydrogen-bond acceptors (Lipinski definition) is 9. The highest BCUT2D eigenvalue weighted by atomic mass is 32.2.